The van der Waals surface area contributed by atoms with Crippen LogP contribution in [-0.2, 0) is 13.5 Å². The number of Topliss-reactive ketones (excluding diaryl/α,β-unsaturated/α-hetero) is 1. The number of pyridine rings is 3. The predicted molar refractivity (Wildman–Crippen MR) is 161 cm³/mol. The molecule has 0 aliphatic heterocycles. The Morgan fingerprint density at radius 3 is 2.40 bits per heavy atom. The topological polar surface area (TPSA) is 110 Å². The molecule has 0 N–H and O–H groups in total. The Balaban J connectivity index is 1.30. The lowest BCUT2D eigenvalue weighted by atomic mass is 9.99. The van der Waals surface area contributed by atoms with Gasteiger partial charge in [0.15, 0.2) is 40.1 Å². The fourth-order valence-electron chi connectivity index (χ4n) is 4.81. The molecule has 0 atom stereocenters. The molecule has 4 aromatic heterocycles. The van der Waals surface area contributed by atoms with Crippen molar-refractivity contribution in [1.82, 2.24) is 24.3 Å². The van der Waals surface area contributed by atoms with Crippen LogP contribution in [0, 0.1) is 11.6 Å². The molecule has 0 aliphatic carbocycles. The smallest absolute Gasteiger partial charge is 0.257 e. The van der Waals surface area contributed by atoms with E-state index in [1.54, 1.807) is 46.9 Å². The molecule has 6 rings (SSSR count). The summed E-state index contributed by atoms with van der Waals surface area (Å²) in [7, 11) is 4.66. The van der Waals surface area contributed by atoms with Crippen LogP contribution in [0.1, 0.15) is 15.9 Å². The van der Waals surface area contributed by atoms with Crippen LogP contribution in [0.5, 0.6) is 23.1 Å². The Bertz CT molecular complexity index is 2130. The van der Waals surface area contributed by atoms with Crippen molar-refractivity contribution in [2.45, 2.75) is 6.42 Å². The van der Waals surface area contributed by atoms with E-state index in [2.05, 4.69) is 15.1 Å². The van der Waals surface area contributed by atoms with E-state index in [9.17, 15) is 14.0 Å². The Hall–Kier alpha value is -5.91. The van der Waals surface area contributed by atoms with E-state index >= 15 is 4.39 Å². The van der Waals surface area contributed by atoms with Gasteiger partial charge in [-0.25, -0.2) is 13.8 Å². The molecule has 0 amide bonds. The van der Waals surface area contributed by atoms with Gasteiger partial charge in [0.25, 0.3) is 5.88 Å². The summed E-state index contributed by atoms with van der Waals surface area (Å²) in [6.07, 6.45) is 5.89. The van der Waals surface area contributed by atoms with Crippen LogP contribution in [0.2, 0.25) is 0 Å². The van der Waals surface area contributed by atoms with Crippen LogP contribution in [0.15, 0.2) is 90.2 Å². The van der Waals surface area contributed by atoms with E-state index in [1.807, 2.05) is 0 Å². The lowest BCUT2D eigenvalue weighted by Crippen LogP contribution is -2.21. The molecule has 4 heterocycles. The van der Waals surface area contributed by atoms with Crippen LogP contribution < -0.4 is 19.6 Å². The second kappa shape index (κ2) is 12.0. The summed E-state index contributed by atoms with van der Waals surface area (Å²) < 4.78 is 48.5. The average molecular weight is 610 g/mol. The van der Waals surface area contributed by atoms with Crippen molar-refractivity contribution >= 4 is 16.8 Å². The molecule has 0 bridgehead atoms. The molecule has 0 saturated carbocycles. The van der Waals surface area contributed by atoms with Gasteiger partial charge in [-0.2, -0.15) is 5.10 Å². The van der Waals surface area contributed by atoms with Crippen molar-refractivity contribution in [2.24, 2.45) is 7.05 Å². The van der Waals surface area contributed by atoms with Gasteiger partial charge in [0.2, 0.25) is 0 Å². The zero-order chi connectivity index (χ0) is 31.7. The zero-order valence-corrected chi connectivity index (χ0v) is 24.3. The third-order valence-electron chi connectivity index (χ3n) is 7.05. The summed E-state index contributed by atoms with van der Waals surface area (Å²) in [5.74, 6) is -0.533. The van der Waals surface area contributed by atoms with E-state index in [1.165, 1.54) is 69.1 Å². The molecule has 0 unspecified atom stereocenters. The van der Waals surface area contributed by atoms with E-state index in [4.69, 9.17) is 14.2 Å². The molecule has 0 aliphatic rings. The molecule has 10 nitrogen and oxygen atoms in total. The number of benzene rings is 2. The first-order valence-electron chi connectivity index (χ1n) is 13.6. The summed E-state index contributed by atoms with van der Waals surface area (Å²) in [4.78, 5) is 35.7. The minimum absolute atomic E-state index is 0.105. The predicted octanol–water partition coefficient (Wildman–Crippen LogP) is 5.69. The van der Waals surface area contributed by atoms with Gasteiger partial charge in [-0.1, -0.05) is 18.2 Å². The number of rotatable bonds is 9. The van der Waals surface area contributed by atoms with Crippen LogP contribution >= 0.6 is 0 Å². The van der Waals surface area contributed by atoms with Crippen LogP contribution in [0.25, 0.3) is 28.0 Å². The summed E-state index contributed by atoms with van der Waals surface area (Å²) in [6.45, 7) is 0. The Morgan fingerprint density at radius 1 is 0.911 bits per heavy atom. The second-order valence-corrected chi connectivity index (χ2v) is 10.0. The molecule has 12 heteroatoms. The number of hydrogen-bond acceptors (Lipinski definition) is 8. The molecular formula is C33H25F2N5O5. The number of carbonyl (C=O) groups excluding carboxylic acids is 1. The van der Waals surface area contributed by atoms with Crippen molar-refractivity contribution in [3.05, 3.63) is 118 Å². The maximum Gasteiger partial charge on any atom is 0.257 e. The van der Waals surface area contributed by atoms with Crippen molar-refractivity contribution < 1.29 is 27.8 Å². The number of methoxy groups -OCH3 is 2. The molecular weight excluding hydrogens is 584 g/mol. The first-order chi connectivity index (χ1) is 21.7. The Labute approximate surface area is 255 Å². The van der Waals surface area contributed by atoms with Gasteiger partial charge in [-0.15, -0.1) is 0 Å². The number of halogens is 2. The van der Waals surface area contributed by atoms with Crippen molar-refractivity contribution in [3.63, 3.8) is 0 Å². The lowest BCUT2D eigenvalue weighted by Gasteiger charge is -2.12. The molecule has 0 fully saturated rings. The monoisotopic (exact) mass is 609 g/mol. The molecule has 0 spiro atoms. The first-order valence-corrected chi connectivity index (χ1v) is 13.6. The van der Waals surface area contributed by atoms with Gasteiger partial charge in [0.05, 0.1) is 25.3 Å². The lowest BCUT2D eigenvalue weighted by molar-refractivity contribution is 0.0991. The minimum atomic E-state index is -0.725. The first kappa shape index (κ1) is 29.2. The standard InChI is InChI=1S/C33H25F2N5O5/c1-39-13-11-30(38-39)40-17-22(20-5-7-21(34)8-6-20)32(42)23(18-40)26(41)15-19-4-9-27(24(35)14-19)45-28-10-12-36-25-16-29(43-2)33(44-3)37-31(25)28/h4-14,16-18H,15H2,1-3H3. The second-order valence-electron chi connectivity index (χ2n) is 10.0. The molecule has 0 radical (unpaired) electrons. The van der Waals surface area contributed by atoms with Crippen molar-refractivity contribution in [2.75, 3.05) is 14.2 Å². The molecule has 226 valence electrons. The summed E-state index contributed by atoms with van der Waals surface area (Å²) in [5, 5.41) is 4.36. The third-order valence-corrected chi connectivity index (χ3v) is 7.05. The highest BCUT2D eigenvalue weighted by Gasteiger charge is 2.20. The van der Waals surface area contributed by atoms with E-state index in [0.717, 1.165) is 0 Å². The largest absolute Gasteiger partial charge is 0.491 e. The minimum Gasteiger partial charge on any atom is -0.491 e. The quantitative estimate of drug-likeness (QED) is 0.192. The van der Waals surface area contributed by atoms with E-state index < -0.39 is 22.8 Å². The Morgan fingerprint density at radius 2 is 1.71 bits per heavy atom. The number of carbonyl (C=O) groups is 1. The van der Waals surface area contributed by atoms with Gasteiger partial charge in [-0.05, 0) is 35.4 Å². The van der Waals surface area contributed by atoms with Gasteiger partial charge in [0.1, 0.15) is 11.3 Å². The van der Waals surface area contributed by atoms with E-state index in [0.29, 0.717) is 33.7 Å². The SMILES string of the molecule is COc1cc2nccc(Oc3ccc(CC(=O)c4cn(-c5ccn(C)n5)cc(-c5ccc(F)cc5)c4=O)cc3F)c2nc1OC. The highest BCUT2D eigenvalue weighted by molar-refractivity contribution is 5.98. The molecule has 45 heavy (non-hydrogen) atoms. The number of aryl methyl sites for hydroxylation is 1. The van der Waals surface area contributed by atoms with Crippen molar-refractivity contribution in [3.8, 4) is 40.1 Å². The zero-order valence-electron chi connectivity index (χ0n) is 24.3. The third kappa shape index (κ3) is 5.85. The molecule has 0 saturated heterocycles. The number of fused-ring (bicyclic) bond motifs is 1. The van der Waals surface area contributed by atoms with Gasteiger partial charge in [-0.3, -0.25) is 19.3 Å². The number of hydrogen-bond donors (Lipinski definition) is 0. The summed E-state index contributed by atoms with van der Waals surface area (Å²) in [6, 6.07) is 14.4. The fourth-order valence-corrected chi connectivity index (χ4v) is 4.81. The normalized spacial score (nSPS) is 11.0. The number of ketones is 1. The van der Waals surface area contributed by atoms with Gasteiger partial charge >= 0.3 is 0 Å². The van der Waals surface area contributed by atoms with Crippen LogP contribution in [-0.4, -0.2) is 44.3 Å². The number of aromatic nitrogens is 5. The van der Waals surface area contributed by atoms with Crippen molar-refractivity contribution in [1.29, 1.82) is 0 Å². The van der Waals surface area contributed by atoms with Gasteiger partial charge < -0.3 is 18.8 Å². The maximum absolute atomic E-state index is 15.3. The summed E-state index contributed by atoms with van der Waals surface area (Å²) >= 11 is 0. The van der Waals surface area contributed by atoms with Crippen LogP contribution in [0.3, 0.4) is 0 Å². The fraction of sp³-hybridized carbons (Fsp3) is 0.121. The average Bonchev–Trinajstić information content (AvgIpc) is 3.48. The number of nitrogens with zero attached hydrogens (tertiary/aromatic N) is 5. The van der Waals surface area contributed by atoms with E-state index in [-0.39, 0.29) is 34.9 Å². The number of ether oxygens (including phenoxy) is 3. The molecule has 2 aromatic carbocycles. The molecule has 6 aromatic rings. The summed E-state index contributed by atoms with van der Waals surface area (Å²) in [5.41, 5.74) is 1.07. The van der Waals surface area contributed by atoms with Crippen LogP contribution in [0.4, 0.5) is 8.78 Å². The highest BCUT2D eigenvalue weighted by atomic mass is 19.1. The maximum atomic E-state index is 15.3. The van der Waals surface area contributed by atoms with Gasteiger partial charge in [0, 0.05) is 62.0 Å². The Kier molecular flexibility index (Phi) is 7.78. The highest BCUT2D eigenvalue weighted by Crippen LogP contribution is 2.34.